The Morgan fingerprint density at radius 1 is 1.12 bits per heavy atom. The number of carbonyl (C=O) groups excluding carboxylic acids is 1. The van der Waals surface area contributed by atoms with Crippen LogP contribution in [0.1, 0.15) is 18.0 Å². The second-order valence-electron chi connectivity index (χ2n) is 5.21. The number of carboxylic acid groups (broad SMARTS) is 1. The first-order chi connectivity index (χ1) is 12.0. The van der Waals surface area contributed by atoms with Gasteiger partial charge in [-0.05, 0) is 29.8 Å². The largest absolute Gasteiger partial charge is 0.493 e. The molecule has 25 heavy (non-hydrogen) atoms. The van der Waals surface area contributed by atoms with Crippen molar-refractivity contribution >= 4 is 11.9 Å². The molecule has 0 aliphatic carbocycles. The first kappa shape index (κ1) is 18.3. The molecule has 0 spiro atoms. The van der Waals surface area contributed by atoms with Crippen molar-refractivity contribution in [1.82, 2.24) is 5.32 Å². The van der Waals surface area contributed by atoms with Crippen molar-refractivity contribution in [1.29, 1.82) is 0 Å². The van der Waals surface area contributed by atoms with Gasteiger partial charge in [0.2, 0.25) is 0 Å². The standard InChI is InChI=1S/C18H18FNO5/c1-24-15-4-2-3-5-16(15)25-11-17(21)20-14(10-18(22)23)12-6-8-13(19)9-7-12/h2-9,14H,10-11H2,1H3,(H,20,21)(H,22,23)/t14-/m0/s1. The highest BCUT2D eigenvalue weighted by atomic mass is 19.1. The van der Waals surface area contributed by atoms with Crippen LogP contribution in [0.5, 0.6) is 11.5 Å². The molecule has 2 rings (SSSR count). The summed E-state index contributed by atoms with van der Waals surface area (Å²) >= 11 is 0. The molecule has 0 bridgehead atoms. The highest BCUT2D eigenvalue weighted by Gasteiger charge is 2.19. The van der Waals surface area contributed by atoms with Gasteiger partial charge in [-0.1, -0.05) is 24.3 Å². The highest BCUT2D eigenvalue weighted by molar-refractivity contribution is 5.79. The molecule has 1 amide bonds. The fourth-order valence-electron chi connectivity index (χ4n) is 2.24. The van der Waals surface area contributed by atoms with Crippen LogP contribution in [0.3, 0.4) is 0 Å². The molecule has 0 radical (unpaired) electrons. The number of rotatable bonds is 8. The van der Waals surface area contributed by atoms with Crippen LogP contribution in [-0.2, 0) is 9.59 Å². The van der Waals surface area contributed by atoms with Crippen LogP contribution in [0, 0.1) is 5.82 Å². The lowest BCUT2D eigenvalue weighted by Gasteiger charge is -2.18. The number of amides is 1. The number of methoxy groups -OCH3 is 1. The molecule has 0 aliphatic rings. The highest BCUT2D eigenvalue weighted by Crippen LogP contribution is 2.25. The molecule has 2 aromatic carbocycles. The Balaban J connectivity index is 2.01. The summed E-state index contributed by atoms with van der Waals surface area (Å²) in [5, 5.41) is 11.6. The summed E-state index contributed by atoms with van der Waals surface area (Å²) in [7, 11) is 1.49. The average molecular weight is 347 g/mol. The van der Waals surface area contributed by atoms with Gasteiger partial charge >= 0.3 is 5.97 Å². The number of aliphatic carboxylic acids is 1. The molecule has 0 aromatic heterocycles. The molecule has 0 saturated carbocycles. The fourth-order valence-corrected chi connectivity index (χ4v) is 2.24. The zero-order chi connectivity index (χ0) is 18.2. The van der Waals surface area contributed by atoms with Gasteiger partial charge < -0.3 is 19.9 Å². The van der Waals surface area contributed by atoms with Gasteiger partial charge in [0.15, 0.2) is 18.1 Å². The Bertz CT molecular complexity index is 733. The molecule has 6 nitrogen and oxygen atoms in total. The molecular weight excluding hydrogens is 329 g/mol. The van der Waals surface area contributed by atoms with Crippen LogP contribution in [0.25, 0.3) is 0 Å². The lowest BCUT2D eigenvalue weighted by atomic mass is 10.0. The van der Waals surface area contributed by atoms with Crippen molar-refractivity contribution in [2.45, 2.75) is 12.5 Å². The maximum atomic E-state index is 13.0. The summed E-state index contributed by atoms with van der Waals surface area (Å²) in [5.74, 6) is -1.14. The lowest BCUT2D eigenvalue weighted by molar-refractivity contribution is -0.137. The van der Waals surface area contributed by atoms with Crippen LogP contribution in [0.15, 0.2) is 48.5 Å². The van der Waals surface area contributed by atoms with Gasteiger partial charge in [0.1, 0.15) is 5.82 Å². The number of carbonyl (C=O) groups is 2. The summed E-state index contributed by atoms with van der Waals surface area (Å²) < 4.78 is 23.5. The first-order valence-electron chi connectivity index (χ1n) is 7.52. The van der Waals surface area contributed by atoms with Gasteiger partial charge in [-0.25, -0.2) is 4.39 Å². The number of nitrogens with one attached hydrogen (secondary N) is 1. The van der Waals surface area contributed by atoms with Crippen LogP contribution >= 0.6 is 0 Å². The van der Waals surface area contributed by atoms with E-state index in [4.69, 9.17) is 14.6 Å². The summed E-state index contributed by atoms with van der Waals surface area (Å²) in [6.07, 6.45) is -0.327. The molecule has 2 aromatic rings. The zero-order valence-electron chi connectivity index (χ0n) is 13.6. The predicted octanol–water partition coefficient (Wildman–Crippen LogP) is 2.55. The normalized spacial score (nSPS) is 11.4. The van der Waals surface area contributed by atoms with Crippen LogP contribution in [-0.4, -0.2) is 30.7 Å². The quantitative estimate of drug-likeness (QED) is 0.767. The van der Waals surface area contributed by atoms with Gasteiger partial charge in [-0.3, -0.25) is 9.59 Å². The molecule has 132 valence electrons. The number of ether oxygens (including phenoxy) is 2. The van der Waals surface area contributed by atoms with Crippen molar-refractivity contribution in [3.05, 3.63) is 59.9 Å². The van der Waals surface area contributed by atoms with Crippen LogP contribution in [0.2, 0.25) is 0 Å². The topological polar surface area (TPSA) is 84.9 Å². The van der Waals surface area contributed by atoms with Crippen molar-refractivity contribution in [3.8, 4) is 11.5 Å². The Morgan fingerprint density at radius 3 is 2.36 bits per heavy atom. The summed E-state index contributed by atoms with van der Waals surface area (Å²) in [5.41, 5.74) is 0.495. The zero-order valence-corrected chi connectivity index (χ0v) is 13.6. The lowest BCUT2D eigenvalue weighted by Crippen LogP contribution is -2.33. The summed E-state index contributed by atoms with van der Waals surface area (Å²) in [6.45, 7) is -0.308. The minimum absolute atomic E-state index is 0.308. The SMILES string of the molecule is COc1ccccc1OCC(=O)N[C@@H](CC(=O)O)c1ccc(F)cc1. The number of carboxylic acids is 1. The maximum absolute atomic E-state index is 13.0. The molecule has 7 heteroatoms. The molecule has 2 N–H and O–H groups in total. The average Bonchev–Trinajstić information content (AvgIpc) is 2.60. The van der Waals surface area contributed by atoms with Crippen molar-refractivity contribution < 1.29 is 28.6 Å². The maximum Gasteiger partial charge on any atom is 0.305 e. The number of halogens is 1. The van der Waals surface area contributed by atoms with E-state index in [1.807, 2.05) is 0 Å². The van der Waals surface area contributed by atoms with Gasteiger partial charge in [0.25, 0.3) is 5.91 Å². The molecule has 0 aliphatic heterocycles. The Labute approximate surface area is 144 Å². The third-order valence-electron chi connectivity index (χ3n) is 3.41. The van der Waals surface area contributed by atoms with Crippen molar-refractivity contribution in [3.63, 3.8) is 0 Å². The number of benzene rings is 2. The minimum atomic E-state index is -1.08. The molecule has 0 fully saturated rings. The number of hydrogen-bond donors (Lipinski definition) is 2. The smallest absolute Gasteiger partial charge is 0.305 e. The fraction of sp³-hybridized carbons (Fsp3) is 0.222. The summed E-state index contributed by atoms with van der Waals surface area (Å²) in [6, 6.07) is 11.4. The Kier molecular flexibility index (Phi) is 6.33. The third kappa shape index (κ3) is 5.49. The molecular formula is C18H18FNO5. The second-order valence-corrected chi connectivity index (χ2v) is 5.21. The molecule has 1 atom stereocenters. The summed E-state index contributed by atoms with van der Waals surface area (Å²) in [4.78, 5) is 23.1. The second kappa shape index (κ2) is 8.68. The Hall–Kier alpha value is -3.09. The van der Waals surface area contributed by atoms with E-state index in [1.165, 1.54) is 31.4 Å². The van der Waals surface area contributed by atoms with Crippen LogP contribution in [0.4, 0.5) is 4.39 Å². The van der Waals surface area contributed by atoms with E-state index in [0.29, 0.717) is 17.1 Å². The predicted molar refractivity (Wildman–Crippen MR) is 88.0 cm³/mol. The van der Waals surface area contributed by atoms with Gasteiger partial charge in [-0.15, -0.1) is 0 Å². The van der Waals surface area contributed by atoms with Crippen molar-refractivity contribution in [2.75, 3.05) is 13.7 Å². The van der Waals surface area contributed by atoms with E-state index in [2.05, 4.69) is 5.32 Å². The first-order valence-corrected chi connectivity index (χ1v) is 7.52. The van der Waals surface area contributed by atoms with Crippen molar-refractivity contribution in [2.24, 2.45) is 0 Å². The van der Waals surface area contributed by atoms with Gasteiger partial charge in [0.05, 0.1) is 19.6 Å². The molecule has 0 unspecified atom stereocenters. The minimum Gasteiger partial charge on any atom is -0.493 e. The van der Waals surface area contributed by atoms with Crippen LogP contribution < -0.4 is 14.8 Å². The van der Waals surface area contributed by atoms with E-state index in [0.717, 1.165) is 0 Å². The van der Waals surface area contributed by atoms with E-state index < -0.39 is 23.7 Å². The van der Waals surface area contributed by atoms with Gasteiger partial charge in [0, 0.05) is 0 Å². The molecule has 0 heterocycles. The van der Waals surface area contributed by atoms with E-state index >= 15 is 0 Å². The number of hydrogen-bond acceptors (Lipinski definition) is 4. The number of para-hydroxylation sites is 2. The van der Waals surface area contributed by atoms with Gasteiger partial charge in [-0.2, -0.15) is 0 Å². The van der Waals surface area contributed by atoms with E-state index in [1.54, 1.807) is 24.3 Å². The monoisotopic (exact) mass is 347 g/mol. The van der Waals surface area contributed by atoms with E-state index in [-0.39, 0.29) is 13.0 Å². The van der Waals surface area contributed by atoms with E-state index in [9.17, 15) is 14.0 Å². The molecule has 0 saturated heterocycles. The third-order valence-corrected chi connectivity index (χ3v) is 3.41. The Morgan fingerprint density at radius 2 is 1.76 bits per heavy atom.